The largest absolute Gasteiger partial charge is 0.494 e. The SMILES string of the molecule is COc1cc(F)c(C(F)F)nc1C(F)(F)F. The molecule has 0 saturated carbocycles. The number of hydrogen-bond acceptors (Lipinski definition) is 2. The molecule has 0 spiro atoms. The summed E-state index contributed by atoms with van der Waals surface area (Å²) in [7, 11) is 0.855. The van der Waals surface area contributed by atoms with E-state index in [1.165, 1.54) is 0 Å². The van der Waals surface area contributed by atoms with Crippen LogP contribution >= 0.6 is 0 Å². The van der Waals surface area contributed by atoms with Gasteiger partial charge in [-0.25, -0.2) is 18.2 Å². The Morgan fingerprint density at radius 3 is 2.25 bits per heavy atom. The summed E-state index contributed by atoms with van der Waals surface area (Å²) >= 11 is 0. The van der Waals surface area contributed by atoms with E-state index in [1.807, 2.05) is 0 Å². The fourth-order valence-electron chi connectivity index (χ4n) is 0.998. The van der Waals surface area contributed by atoms with Crippen LogP contribution in [0.3, 0.4) is 0 Å². The van der Waals surface area contributed by atoms with E-state index in [-0.39, 0.29) is 6.07 Å². The van der Waals surface area contributed by atoms with Crippen LogP contribution in [0.15, 0.2) is 6.07 Å². The van der Waals surface area contributed by atoms with Gasteiger partial charge in [0.25, 0.3) is 6.43 Å². The molecule has 1 heterocycles. The molecular formula is C8H5F6NO. The lowest BCUT2D eigenvalue weighted by Gasteiger charge is -2.12. The summed E-state index contributed by atoms with van der Waals surface area (Å²) in [6.45, 7) is 0. The summed E-state index contributed by atoms with van der Waals surface area (Å²) in [6.07, 6.45) is -8.41. The van der Waals surface area contributed by atoms with Crippen molar-refractivity contribution in [3.8, 4) is 5.75 Å². The molecule has 0 aliphatic carbocycles. The van der Waals surface area contributed by atoms with Gasteiger partial charge in [-0.3, -0.25) is 0 Å². The molecule has 8 heteroatoms. The third kappa shape index (κ3) is 2.37. The molecule has 0 aromatic carbocycles. The van der Waals surface area contributed by atoms with Gasteiger partial charge in [-0.2, -0.15) is 13.2 Å². The van der Waals surface area contributed by atoms with Gasteiger partial charge in [0.05, 0.1) is 7.11 Å². The molecule has 0 fully saturated rings. The fraction of sp³-hybridized carbons (Fsp3) is 0.375. The van der Waals surface area contributed by atoms with Crippen molar-refractivity contribution in [2.45, 2.75) is 12.6 Å². The van der Waals surface area contributed by atoms with Crippen LogP contribution in [0.25, 0.3) is 0 Å². The number of pyridine rings is 1. The van der Waals surface area contributed by atoms with Crippen molar-refractivity contribution in [2.24, 2.45) is 0 Å². The van der Waals surface area contributed by atoms with E-state index in [9.17, 15) is 26.3 Å². The number of rotatable bonds is 2. The molecule has 0 unspecified atom stereocenters. The van der Waals surface area contributed by atoms with Crippen molar-refractivity contribution in [2.75, 3.05) is 7.11 Å². The molecule has 0 aliphatic rings. The van der Waals surface area contributed by atoms with Gasteiger partial charge in [0, 0.05) is 6.07 Å². The smallest absolute Gasteiger partial charge is 0.437 e. The van der Waals surface area contributed by atoms with E-state index in [0.29, 0.717) is 0 Å². The van der Waals surface area contributed by atoms with Gasteiger partial charge in [-0.1, -0.05) is 0 Å². The standard InChI is InChI=1S/C8H5F6NO/c1-16-4-2-3(9)5(7(10)11)15-6(4)8(12,13)14/h2,7H,1H3. The molecule has 1 aromatic heterocycles. The Morgan fingerprint density at radius 2 is 1.88 bits per heavy atom. The number of methoxy groups -OCH3 is 1. The Bertz CT molecular complexity index is 389. The van der Waals surface area contributed by atoms with E-state index < -0.39 is 35.6 Å². The summed E-state index contributed by atoms with van der Waals surface area (Å²) in [5, 5.41) is 0. The van der Waals surface area contributed by atoms with Crippen LogP contribution in [-0.4, -0.2) is 12.1 Å². The Balaban J connectivity index is 3.41. The van der Waals surface area contributed by atoms with Gasteiger partial charge in [-0.05, 0) is 0 Å². The van der Waals surface area contributed by atoms with E-state index >= 15 is 0 Å². The van der Waals surface area contributed by atoms with Crippen molar-refractivity contribution < 1.29 is 31.1 Å². The lowest BCUT2D eigenvalue weighted by Crippen LogP contribution is -2.13. The van der Waals surface area contributed by atoms with Gasteiger partial charge in [0.2, 0.25) is 0 Å². The maximum Gasteiger partial charge on any atom is 0.437 e. The fourth-order valence-corrected chi connectivity index (χ4v) is 0.998. The van der Waals surface area contributed by atoms with Crippen LogP contribution < -0.4 is 4.74 Å². The molecule has 0 aliphatic heterocycles. The Hall–Kier alpha value is -1.47. The third-order valence-corrected chi connectivity index (χ3v) is 1.66. The lowest BCUT2D eigenvalue weighted by molar-refractivity contribution is -0.142. The molecule has 90 valence electrons. The highest BCUT2D eigenvalue weighted by molar-refractivity contribution is 5.32. The number of hydrogen-bond donors (Lipinski definition) is 0. The van der Waals surface area contributed by atoms with Crippen molar-refractivity contribution >= 4 is 0 Å². The van der Waals surface area contributed by atoms with Gasteiger partial charge >= 0.3 is 6.18 Å². The number of aromatic nitrogens is 1. The van der Waals surface area contributed by atoms with Crippen molar-refractivity contribution in [3.63, 3.8) is 0 Å². The summed E-state index contributed by atoms with van der Waals surface area (Å²) < 4.78 is 78.2. The first-order chi connectivity index (χ1) is 7.27. The van der Waals surface area contributed by atoms with Crippen LogP contribution in [0.5, 0.6) is 5.75 Å². The number of nitrogens with zero attached hydrogens (tertiary/aromatic N) is 1. The highest BCUT2D eigenvalue weighted by Crippen LogP contribution is 2.36. The number of halogens is 6. The summed E-state index contributed by atoms with van der Waals surface area (Å²) in [5.74, 6) is -2.48. The molecule has 2 nitrogen and oxygen atoms in total. The molecule has 0 atom stereocenters. The first kappa shape index (κ1) is 12.6. The minimum atomic E-state index is -4.98. The Kier molecular flexibility index (Phi) is 3.30. The average molecular weight is 245 g/mol. The highest BCUT2D eigenvalue weighted by Gasteiger charge is 2.38. The van der Waals surface area contributed by atoms with Gasteiger partial charge in [-0.15, -0.1) is 0 Å². The first-order valence-corrected chi connectivity index (χ1v) is 3.87. The highest BCUT2D eigenvalue weighted by atomic mass is 19.4. The molecule has 0 saturated heterocycles. The van der Waals surface area contributed by atoms with Crippen molar-refractivity contribution in [1.29, 1.82) is 0 Å². The van der Waals surface area contributed by atoms with E-state index in [2.05, 4.69) is 9.72 Å². The van der Waals surface area contributed by atoms with Crippen molar-refractivity contribution in [3.05, 3.63) is 23.3 Å². The predicted octanol–water partition coefficient (Wildman–Crippen LogP) is 3.19. The quantitative estimate of drug-likeness (QED) is 0.746. The minimum Gasteiger partial charge on any atom is -0.494 e. The van der Waals surface area contributed by atoms with Crippen LogP contribution in [0, 0.1) is 5.82 Å². The second kappa shape index (κ2) is 4.18. The summed E-state index contributed by atoms with van der Waals surface area (Å²) in [5.41, 5.74) is -3.22. The van der Waals surface area contributed by atoms with Crippen molar-refractivity contribution in [1.82, 2.24) is 4.98 Å². The zero-order valence-electron chi connectivity index (χ0n) is 7.78. The molecule has 1 rings (SSSR count). The molecule has 0 bridgehead atoms. The van der Waals surface area contributed by atoms with Gasteiger partial charge < -0.3 is 4.74 Å². The number of ether oxygens (including phenoxy) is 1. The summed E-state index contributed by atoms with van der Waals surface area (Å²) in [4.78, 5) is 2.54. The average Bonchev–Trinajstić information content (AvgIpc) is 2.14. The molecule has 1 aromatic rings. The Morgan fingerprint density at radius 1 is 1.31 bits per heavy atom. The normalized spacial score (nSPS) is 12.0. The molecule has 16 heavy (non-hydrogen) atoms. The topological polar surface area (TPSA) is 22.1 Å². The molecule has 0 radical (unpaired) electrons. The Labute approximate surface area is 85.9 Å². The van der Waals surface area contributed by atoms with Crippen LogP contribution in [0.2, 0.25) is 0 Å². The second-order valence-electron chi connectivity index (χ2n) is 2.70. The van der Waals surface area contributed by atoms with E-state index in [1.54, 1.807) is 0 Å². The lowest BCUT2D eigenvalue weighted by atomic mass is 10.2. The zero-order chi connectivity index (χ0) is 12.5. The third-order valence-electron chi connectivity index (χ3n) is 1.66. The molecule has 0 amide bonds. The minimum absolute atomic E-state index is 0.233. The van der Waals surface area contributed by atoms with E-state index in [0.717, 1.165) is 7.11 Å². The maximum atomic E-state index is 12.9. The van der Waals surface area contributed by atoms with Crippen LogP contribution in [0.4, 0.5) is 26.3 Å². The monoisotopic (exact) mass is 245 g/mol. The molecule has 0 N–H and O–H groups in total. The number of alkyl halides is 5. The van der Waals surface area contributed by atoms with Gasteiger partial charge in [0.15, 0.2) is 17.3 Å². The van der Waals surface area contributed by atoms with Gasteiger partial charge in [0.1, 0.15) is 5.69 Å². The van der Waals surface area contributed by atoms with Crippen LogP contribution in [0.1, 0.15) is 17.8 Å². The second-order valence-corrected chi connectivity index (χ2v) is 2.70. The van der Waals surface area contributed by atoms with E-state index in [4.69, 9.17) is 0 Å². The molecular weight excluding hydrogens is 240 g/mol. The maximum absolute atomic E-state index is 12.9. The summed E-state index contributed by atoms with van der Waals surface area (Å²) in [6, 6.07) is 0.233. The zero-order valence-corrected chi connectivity index (χ0v) is 7.78. The first-order valence-electron chi connectivity index (χ1n) is 3.87. The van der Waals surface area contributed by atoms with Crippen LogP contribution in [-0.2, 0) is 6.18 Å². The predicted molar refractivity (Wildman–Crippen MR) is 40.7 cm³/mol.